The summed E-state index contributed by atoms with van der Waals surface area (Å²) in [6.45, 7) is 6.57. The summed E-state index contributed by atoms with van der Waals surface area (Å²) >= 11 is 5.90. The third-order valence-corrected chi connectivity index (χ3v) is 5.72. The normalized spacial score (nSPS) is 16.4. The second-order valence-corrected chi connectivity index (χ2v) is 8.21. The quantitative estimate of drug-likeness (QED) is 0.628. The molecule has 3 aromatic rings. The second-order valence-electron chi connectivity index (χ2n) is 7.77. The van der Waals surface area contributed by atoms with Gasteiger partial charge in [0, 0.05) is 60.3 Å². The third kappa shape index (κ3) is 5.24. The molecule has 1 amide bonds. The van der Waals surface area contributed by atoms with E-state index >= 15 is 0 Å². The average Bonchev–Trinajstić information content (AvgIpc) is 3.24. The summed E-state index contributed by atoms with van der Waals surface area (Å²) in [6, 6.07) is 7.00. The maximum absolute atomic E-state index is 12.6. The van der Waals surface area contributed by atoms with Gasteiger partial charge >= 0.3 is 0 Å². The Morgan fingerprint density at radius 1 is 1.16 bits per heavy atom. The molecular formula is C23H25ClN6O. The Balaban J connectivity index is 1.38. The van der Waals surface area contributed by atoms with Crippen molar-refractivity contribution in [3.05, 3.63) is 76.3 Å². The van der Waals surface area contributed by atoms with E-state index in [0.29, 0.717) is 22.0 Å². The molecule has 0 saturated carbocycles. The van der Waals surface area contributed by atoms with Gasteiger partial charge in [-0.1, -0.05) is 18.5 Å². The number of amides is 1. The fourth-order valence-electron chi connectivity index (χ4n) is 3.73. The van der Waals surface area contributed by atoms with E-state index in [9.17, 15) is 4.79 Å². The van der Waals surface area contributed by atoms with Crippen LogP contribution in [0.3, 0.4) is 0 Å². The van der Waals surface area contributed by atoms with Gasteiger partial charge in [0.25, 0.3) is 5.91 Å². The molecule has 1 aliphatic heterocycles. The van der Waals surface area contributed by atoms with E-state index in [2.05, 4.69) is 37.1 Å². The van der Waals surface area contributed by atoms with Crippen LogP contribution in [0.5, 0.6) is 0 Å². The molecule has 4 rings (SSSR count). The van der Waals surface area contributed by atoms with Crippen molar-refractivity contribution in [1.82, 2.24) is 24.8 Å². The number of anilines is 1. The van der Waals surface area contributed by atoms with Gasteiger partial charge in [-0.2, -0.15) is 0 Å². The third-order valence-electron chi connectivity index (χ3n) is 5.46. The molecule has 8 heteroatoms. The highest BCUT2D eigenvalue weighted by molar-refractivity contribution is 6.30. The molecule has 7 nitrogen and oxygen atoms in total. The van der Waals surface area contributed by atoms with Crippen molar-refractivity contribution < 1.29 is 4.79 Å². The van der Waals surface area contributed by atoms with Crippen LogP contribution in [0.25, 0.3) is 0 Å². The number of nitrogens with one attached hydrogen (secondary N) is 1. The minimum atomic E-state index is -0.227. The van der Waals surface area contributed by atoms with Gasteiger partial charge in [-0.05, 0) is 44.2 Å². The number of benzene rings is 1. The fraction of sp³-hybridized carbons (Fsp3) is 0.348. The molecule has 31 heavy (non-hydrogen) atoms. The van der Waals surface area contributed by atoms with Crippen LogP contribution < -0.4 is 5.32 Å². The molecule has 1 saturated heterocycles. The Labute approximate surface area is 186 Å². The summed E-state index contributed by atoms with van der Waals surface area (Å²) in [5.74, 6) is 1.69. The minimum Gasteiger partial charge on any atom is -0.322 e. The van der Waals surface area contributed by atoms with Crippen molar-refractivity contribution in [1.29, 1.82) is 0 Å². The number of aryl methyl sites for hydroxylation is 2. The summed E-state index contributed by atoms with van der Waals surface area (Å²) in [4.78, 5) is 32.9. The zero-order chi connectivity index (χ0) is 21.8. The lowest BCUT2D eigenvalue weighted by atomic mass is 10.1. The highest BCUT2D eigenvalue weighted by atomic mass is 35.5. The van der Waals surface area contributed by atoms with E-state index in [1.54, 1.807) is 30.5 Å². The molecule has 1 fully saturated rings. The predicted molar refractivity (Wildman–Crippen MR) is 120 cm³/mol. The molecular weight excluding hydrogens is 412 g/mol. The van der Waals surface area contributed by atoms with E-state index in [-0.39, 0.29) is 11.8 Å². The number of halogens is 1. The van der Waals surface area contributed by atoms with Crippen LogP contribution in [-0.2, 0) is 13.0 Å². The van der Waals surface area contributed by atoms with Crippen molar-refractivity contribution in [3.8, 4) is 0 Å². The molecule has 1 atom stereocenters. The van der Waals surface area contributed by atoms with Crippen molar-refractivity contribution in [3.63, 3.8) is 0 Å². The van der Waals surface area contributed by atoms with Gasteiger partial charge < -0.3 is 5.32 Å². The number of likely N-dealkylation sites (tertiary alicyclic amines) is 1. The molecule has 160 valence electrons. The van der Waals surface area contributed by atoms with Gasteiger partial charge in [0.15, 0.2) is 0 Å². The Hall–Kier alpha value is -2.90. The van der Waals surface area contributed by atoms with Crippen LogP contribution in [0, 0.1) is 6.92 Å². The predicted octanol–water partition coefficient (Wildman–Crippen LogP) is 4.03. The fourth-order valence-corrected chi connectivity index (χ4v) is 3.85. The van der Waals surface area contributed by atoms with E-state index in [1.807, 2.05) is 19.3 Å². The van der Waals surface area contributed by atoms with E-state index in [0.717, 1.165) is 49.7 Å². The monoisotopic (exact) mass is 436 g/mol. The SMILES string of the molecule is CCc1ncc(CN2CC[C@H](c3ncc(C(=O)Nc4ccc(Cl)cc4)c(C)n3)C2)cn1. The Morgan fingerprint density at radius 3 is 2.58 bits per heavy atom. The Bertz CT molecular complexity index is 1050. The van der Waals surface area contributed by atoms with Gasteiger partial charge in [0.05, 0.1) is 11.3 Å². The number of hydrogen-bond donors (Lipinski definition) is 1. The van der Waals surface area contributed by atoms with Gasteiger partial charge in [-0.15, -0.1) is 0 Å². The van der Waals surface area contributed by atoms with Crippen LogP contribution in [0.15, 0.2) is 42.9 Å². The molecule has 3 heterocycles. The van der Waals surface area contributed by atoms with Crippen molar-refractivity contribution in [2.45, 2.75) is 39.2 Å². The molecule has 1 N–H and O–H groups in total. The molecule has 2 aromatic heterocycles. The standard InChI is InChI=1S/C23H25ClN6O/c1-3-21-25-10-16(11-26-21)13-30-9-8-17(14-30)22-27-12-20(15(2)28-22)23(31)29-19-6-4-18(24)5-7-19/h4-7,10-12,17H,3,8-9,13-14H2,1-2H3,(H,29,31)/t17-/m0/s1. The highest BCUT2D eigenvalue weighted by Gasteiger charge is 2.27. The van der Waals surface area contributed by atoms with Crippen LogP contribution in [0.4, 0.5) is 5.69 Å². The second kappa shape index (κ2) is 9.49. The lowest BCUT2D eigenvalue weighted by molar-refractivity contribution is 0.102. The summed E-state index contributed by atoms with van der Waals surface area (Å²) < 4.78 is 0. The number of hydrogen-bond acceptors (Lipinski definition) is 6. The average molecular weight is 437 g/mol. The molecule has 0 spiro atoms. The molecule has 0 bridgehead atoms. The van der Waals surface area contributed by atoms with Gasteiger partial charge in [-0.25, -0.2) is 19.9 Å². The minimum absolute atomic E-state index is 0.227. The Morgan fingerprint density at radius 2 is 1.90 bits per heavy atom. The van der Waals surface area contributed by atoms with E-state index in [1.165, 1.54) is 0 Å². The molecule has 0 radical (unpaired) electrons. The largest absolute Gasteiger partial charge is 0.322 e. The van der Waals surface area contributed by atoms with Gasteiger partial charge in [0.2, 0.25) is 0 Å². The van der Waals surface area contributed by atoms with E-state index < -0.39 is 0 Å². The van der Waals surface area contributed by atoms with Gasteiger partial charge in [-0.3, -0.25) is 9.69 Å². The lowest BCUT2D eigenvalue weighted by Gasteiger charge is -2.16. The van der Waals surface area contributed by atoms with Crippen LogP contribution in [0.1, 0.15) is 52.5 Å². The first-order valence-electron chi connectivity index (χ1n) is 10.4. The first-order chi connectivity index (χ1) is 15.0. The number of carbonyl (C=O) groups is 1. The number of nitrogens with zero attached hydrogens (tertiary/aromatic N) is 5. The van der Waals surface area contributed by atoms with Gasteiger partial charge in [0.1, 0.15) is 11.6 Å². The molecule has 0 unspecified atom stereocenters. The van der Waals surface area contributed by atoms with Crippen molar-refractivity contribution in [2.24, 2.45) is 0 Å². The molecule has 1 aliphatic rings. The first kappa shape index (κ1) is 21.3. The summed E-state index contributed by atoms with van der Waals surface area (Å²) in [6.07, 6.45) is 7.28. The van der Waals surface area contributed by atoms with Crippen LogP contribution >= 0.6 is 11.6 Å². The lowest BCUT2D eigenvalue weighted by Crippen LogP contribution is -2.21. The van der Waals surface area contributed by atoms with Crippen LogP contribution in [0.2, 0.25) is 5.02 Å². The summed E-state index contributed by atoms with van der Waals surface area (Å²) in [5, 5.41) is 3.48. The van der Waals surface area contributed by atoms with Crippen molar-refractivity contribution in [2.75, 3.05) is 18.4 Å². The maximum Gasteiger partial charge on any atom is 0.259 e. The van der Waals surface area contributed by atoms with Crippen LogP contribution in [-0.4, -0.2) is 43.8 Å². The Kier molecular flexibility index (Phi) is 6.53. The number of aromatic nitrogens is 4. The molecule has 1 aromatic carbocycles. The maximum atomic E-state index is 12.6. The molecule has 0 aliphatic carbocycles. The number of carbonyl (C=O) groups excluding carboxylic acids is 1. The summed E-state index contributed by atoms with van der Waals surface area (Å²) in [7, 11) is 0. The zero-order valence-corrected chi connectivity index (χ0v) is 18.4. The first-order valence-corrected chi connectivity index (χ1v) is 10.8. The number of rotatable bonds is 6. The topological polar surface area (TPSA) is 83.9 Å². The summed E-state index contributed by atoms with van der Waals surface area (Å²) in [5.41, 5.74) is 2.95. The zero-order valence-electron chi connectivity index (χ0n) is 17.7. The highest BCUT2D eigenvalue weighted by Crippen LogP contribution is 2.26. The van der Waals surface area contributed by atoms with Crippen molar-refractivity contribution >= 4 is 23.2 Å². The smallest absolute Gasteiger partial charge is 0.259 e. The van der Waals surface area contributed by atoms with E-state index in [4.69, 9.17) is 11.6 Å².